The van der Waals surface area contributed by atoms with E-state index in [1.807, 2.05) is 37.3 Å². The van der Waals surface area contributed by atoms with Gasteiger partial charge in [0.15, 0.2) is 0 Å². The van der Waals surface area contributed by atoms with Crippen molar-refractivity contribution in [2.45, 2.75) is 20.5 Å². The maximum absolute atomic E-state index is 12.7. The van der Waals surface area contributed by atoms with Crippen LogP contribution in [0.1, 0.15) is 39.1 Å². The fourth-order valence-electron chi connectivity index (χ4n) is 3.26. The van der Waals surface area contributed by atoms with Crippen LogP contribution in [0.25, 0.3) is 11.5 Å². The molecular weight excluding hydrogens is 432 g/mol. The molecule has 7 nitrogen and oxygen atoms in total. The predicted octanol–water partition coefficient (Wildman–Crippen LogP) is 5.66. The fraction of sp³-hybridized carbons (Fsp3) is 0.148. The molecule has 1 amide bonds. The molecule has 0 aliphatic heterocycles. The average Bonchev–Trinajstić information content (AvgIpc) is 3.24. The van der Waals surface area contributed by atoms with E-state index in [1.54, 1.807) is 55.5 Å². The Morgan fingerprint density at radius 2 is 1.71 bits per heavy atom. The van der Waals surface area contributed by atoms with Crippen LogP contribution in [0.4, 0.5) is 5.69 Å². The smallest absolute Gasteiger partial charge is 0.338 e. The van der Waals surface area contributed by atoms with Crippen LogP contribution >= 0.6 is 0 Å². The zero-order valence-electron chi connectivity index (χ0n) is 18.9. The van der Waals surface area contributed by atoms with Gasteiger partial charge in [-0.2, -0.15) is 0 Å². The number of hydrogen-bond acceptors (Lipinski definition) is 6. The number of benzene rings is 3. The molecule has 1 aromatic heterocycles. The first-order chi connectivity index (χ1) is 16.5. The Labute approximate surface area is 197 Å². The Hall–Kier alpha value is -4.39. The Balaban J connectivity index is 1.42. The van der Waals surface area contributed by atoms with E-state index in [0.29, 0.717) is 40.8 Å². The molecule has 7 heteroatoms. The highest BCUT2D eigenvalue weighted by Gasteiger charge is 2.14. The topological polar surface area (TPSA) is 90.7 Å². The van der Waals surface area contributed by atoms with Crippen molar-refractivity contribution >= 4 is 17.6 Å². The minimum atomic E-state index is -0.433. The Morgan fingerprint density at radius 3 is 2.44 bits per heavy atom. The van der Waals surface area contributed by atoms with Crippen molar-refractivity contribution in [1.29, 1.82) is 0 Å². The van der Waals surface area contributed by atoms with Gasteiger partial charge in [-0.05, 0) is 68.4 Å². The summed E-state index contributed by atoms with van der Waals surface area (Å²) >= 11 is 0. The van der Waals surface area contributed by atoms with Crippen LogP contribution < -0.4 is 10.1 Å². The summed E-state index contributed by atoms with van der Waals surface area (Å²) in [5.74, 6) is 1.16. The fourth-order valence-corrected chi connectivity index (χ4v) is 3.26. The molecule has 1 heterocycles. The summed E-state index contributed by atoms with van der Waals surface area (Å²) in [6, 6.07) is 23.1. The minimum absolute atomic E-state index is 0.285. The van der Waals surface area contributed by atoms with E-state index < -0.39 is 5.97 Å². The molecule has 3 aromatic carbocycles. The normalized spacial score (nSPS) is 10.5. The molecule has 0 saturated heterocycles. The zero-order valence-corrected chi connectivity index (χ0v) is 18.9. The number of oxazole rings is 1. The number of ether oxygens (including phenoxy) is 2. The van der Waals surface area contributed by atoms with Gasteiger partial charge in [0.1, 0.15) is 23.8 Å². The molecule has 0 aliphatic rings. The molecule has 0 spiro atoms. The van der Waals surface area contributed by atoms with E-state index >= 15 is 0 Å². The third kappa shape index (κ3) is 5.50. The van der Waals surface area contributed by atoms with Crippen LogP contribution in [0.15, 0.2) is 83.3 Å². The van der Waals surface area contributed by atoms with Gasteiger partial charge in [-0.15, -0.1) is 0 Å². The minimum Gasteiger partial charge on any atom is -0.487 e. The maximum Gasteiger partial charge on any atom is 0.338 e. The third-order valence-corrected chi connectivity index (χ3v) is 5.04. The summed E-state index contributed by atoms with van der Waals surface area (Å²) in [7, 11) is 0. The molecule has 0 atom stereocenters. The second-order valence-electron chi connectivity index (χ2n) is 7.46. The molecule has 4 rings (SSSR count). The van der Waals surface area contributed by atoms with Crippen LogP contribution in [0.3, 0.4) is 0 Å². The summed E-state index contributed by atoms with van der Waals surface area (Å²) < 4.78 is 16.6. The van der Waals surface area contributed by atoms with Crippen molar-refractivity contribution < 1.29 is 23.5 Å². The van der Waals surface area contributed by atoms with E-state index in [-0.39, 0.29) is 12.5 Å². The molecule has 1 N–H and O–H groups in total. The lowest BCUT2D eigenvalue weighted by atomic mass is 10.1. The molecule has 0 radical (unpaired) electrons. The van der Waals surface area contributed by atoms with Gasteiger partial charge >= 0.3 is 5.97 Å². The van der Waals surface area contributed by atoms with Crippen molar-refractivity contribution in [2.75, 3.05) is 11.9 Å². The number of aromatic nitrogens is 1. The lowest BCUT2D eigenvalue weighted by Crippen LogP contribution is -2.12. The monoisotopic (exact) mass is 456 g/mol. The van der Waals surface area contributed by atoms with Crippen molar-refractivity contribution in [3.05, 3.63) is 101 Å². The summed E-state index contributed by atoms with van der Waals surface area (Å²) in [5.41, 5.74) is 2.80. The number of carbonyl (C=O) groups is 2. The van der Waals surface area contributed by atoms with Crippen LogP contribution in [0.5, 0.6) is 5.75 Å². The summed E-state index contributed by atoms with van der Waals surface area (Å²) in [4.78, 5) is 29.1. The second-order valence-corrected chi connectivity index (χ2v) is 7.46. The van der Waals surface area contributed by atoms with Crippen molar-refractivity contribution in [3.63, 3.8) is 0 Å². The summed E-state index contributed by atoms with van der Waals surface area (Å²) in [6.45, 7) is 4.16. The first-order valence-electron chi connectivity index (χ1n) is 10.9. The number of nitrogens with zero attached hydrogens (tertiary/aromatic N) is 1. The number of carbonyl (C=O) groups excluding carboxylic acids is 2. The molecule has 4 aromatic rings. The highest BCUT2D eigenvalue weighted by molar-refractivity contribution is 6.05. The highest BCUT2D eigenvalue weighted by atomic mass is 16.5. The SMILES string of the molecule is CCOC(=O)c1cccc(NC(=O)c2ccc(-c3nc(COc4ccccc4)c(C)o3)cc2)c1. The number of nitrogens with one attached hydrogen (secondary N) is 1. The van der Waals surface area contributed by atoms with Crippen molar-refractivity contribution in [2.24, 2.45) is 0 Å². The summed E-state index contributed by atoms with van der Waals surface area (Å²) in [6.07, 6.45) is 0. The second kappa shape index (κ2) is 10.5. The van der Waals surface area contributed by atoms with Gasteiger partial charge in [0.2, 0.25) is 5.89 Å². The number of esters is 1. The first-order valence-corrected chi connectivity index (χ1v) is 10.9. The van der Waals surface area contributed by atoms with E-state index in [4.69, 9.17) is 13.9 Å². The number of amides is 1. The Bertz CT molecular complexity index is 1280. The van der Waals surface area contributed by atoms with E-state index in [2.05, 4.69) is 10.3 Å². The number of hydrogen-bond donors (Lipinski definition) is 1. The Morgan fingerprint density at radius 1 is 0.941 bits per heavy atom. The predicted molar refractivity (Wildman–Crippen MR) is 128 cm³/mol. The first kappa shape index (κ1) is 22.8. The van der Waals surface area contributed by atoms with Crippen LogP contribution in [0, 0.1) is 6.92 Å². The van der Waals surface area contributed by atoms with Gasteiger partial charge in [0, 0.05) is 16.8 Å². The number of aryl methyl sites for hydroxylation is 1. The van der Waals surface area contributed by atoms with Crippen LogP contribution in [0.2, 0.25) is 0 Å². The standard InChI is InChI=1S/C27H24N2O5/c1-3-32-27(31)21-8-7-9-22(16-21)28-25(30)19-12-14-20(15-13-19)26-29-24(18(2)34-26)17-33-23-10-5-4-6-11-23/h4-16H,3,17H2,1-2H3,(H,28,30). The van der Waals surface area contributed by atoms with Gasteiger partial charge in [-0.3, -0.25) is 4.79 Å². The average molecular weight is 456 g/mol. The lowest BCUT2D eigenvalue weighted by molar-refractivity contribution is 0.0526. The van der Waals surface area contributed by atoms with Crippen LogP contribution in [-0.4, -0.2) is 23.5 Å². The van der Waals surface area contributed by atoms with Gasteiger partial charge < -0.3 is 19.2 Å². The van der Waals surface area contributed by atoms with E-state index in [9.17, 15) is 9.59 Å². The largest absolute Gasteiger partial charge is 0.487 e. The van der Waals surface area contributed by atoms with E-state index in [1.165, 1.54) is 0 Å². The molecule has 0 bridgehead atoms. The summed E-state index contributed by atoms with van der Waals surface area (Å²) in [5, 5.41) is 2.80. The van der Waals surface area contributed by atoms with Gasteiger partial charge in [-0.1, -0.05) is 24.3 Å². The Kier molecular flexibility index (Phi) is 7.03. The van der Waals surface area contributed by atoms with Gasteiger partial charge in [0.05, 0.1) is 12.2 Å². The number of rotatable bonds is 8. The lowest BCUT2D eigenvalue weighted by Gasteiger charge is -2.08. The number of anilines is 1. The van der Waals surface area contributed by atoms with Gasteiger partial charge in [0.25, 0.3) is 5.91 Å². The molecule has 172 valence electrons. The molecule has 0 aliphatic carbocycles. The third-order valence-electron chi connectivity index (χ3n) is 5.04. The van der Waals surface area contributed by atoms with E-state index in [0.717, 1.165) is 11.3 Å². The van der Waals surface area contributed by atoms with Crippen molar-refractivity contribution in [1.82, 2.24) is 4.98 Å². The molecular formula is C27H24N2O5. The quantitative estimate of drug-likeness (QED) is 0.344. The molecule has 34 heavy (non-hydrogen) atoms. The maximum atomic E-state index is 12.7. The molecule has 0 fully saturated rings. The molecule has 0 unspecified atom stereocenters. The highest BCUT2D eigenvalue weighted by Crippen LogP contribution is 2.24. The van der Waals surface area contributed by atoms with Crippen molar-refractivity contribution in [3.8, 4) is 17.2 Å². The molecule has 0 saturated carbocycles. The van der Waals surface area contributed by atoms with Crippen LogP contribution in [-0.2, 0) is 11.3 Å². The number of para-hydroxylation sites is 1. The van der Waals surface area contributed by atoms with Gasteiger partial charge in [-0.25, -0.2) is 9.78 Å². The zero-order chi connectivity index (χ0) is 23.9.